The molecule has 0 spiro atoms. The minimum atomic E-state index is -0.387. The molecule has 0 aromatic carbocycles. The fourth-order valence-corrected chi connectivity index (χ4v) is 1.93. The second-order valence-electron chi connectivity index (χ2n) is 5.47. The Morgan fingerprint density at radius 2 is 1.81 bits per heavy atom. The quantitative estimate of drug-likeness (QED) is 0.694. The SMILES string of the molecule is CC(C)(C)OC(=O)CCOC1CCCCC1. The predicted molar refractivity (Wildman–Crippen MR) is 63.3 cm³/mol. The number of carbonyl (C=O) groups excluding carboxylic acids is 1. The molecule has 0 saturated heterocycles. The molecule has 16 heavy (non-hydrogen) atoms. The second kappa shape index (κ2) is 6.24. The summed E-state index contributed by atoms with van der Waals surface area (Å²) in [6.07, 6.45) is 6.88. The van der Waals surface area contributed by atoms with Gasteiger partial charge in [-0.05, 0) is 33.6 Å². The summed E-state index contributed by atoms with van der Waals surface area (Å²) in [5.74, 6) is -0.164. The maximum Gasteiger partial charge on any atom is 0.308 e. The molecule has 1 aliphatic rings. The number of hydrogen-bond acceptors (Lipinski definition) is 3. The van der Waals surface area contributed by atoms with Gasteiger partial charge in [0.25, 0.3) is 0 Å². The molecule has 0 unspecified atom stereocenters. The summed E-state index contributed by atoms with van der Waals surface area (Å²) in [6, 6.07) is 0. The maximum absolute atomic E-state index is 11.4. The normalized spacial score (nSPS) is 18.4. The van der Waals surface area contributed by atoms with Crippen LogP contribution in [0.5, 0.6) is 0 Å². The van der Waals surface area contributed by atoms with Crippen LogP contribution in [-0.4, -0.2) is 24.3 Å². The molecule has 1 aliphatic carbocycles. The van der Waals surface area contributed by atoms with E-state index in [4.69, 9.17) is 9.47 Å². The summed E-state index contributed by atoms with van der Waals surface area (Å²) in [7, 11) is 0. The van der Waals surface area contributed by atoms with Crippen molar-refractivity contribution in [2.75, 3.05) is 6.61 Å². The van der Waals surface area contributed by atoms with Gasteiger partial charge in [-0.25, -0.2) is 0 Å². The number of hydrogen-bond donors (Lipinski definition) is 0. The van der Waals surface area contributed by atoms with E-state index in [9.17, 15) is 4.79 Å². The summed E-state index contributed by atoms with van der Waals surface area (Å²) in [6.45, 7) is 6.15. The molecular formula is C13H24O3. The summed E-state index contributed by atoms with van der Waals surface area (Å²) in [5, 5.41) is 0. The van der Waals surface area contributed by atoms with Crippen LogP contribution in [0.2, 0.25) is 0 Å². The number of carbonyl (C=O) groups is 1. The number of rotatable bonds is 4. The van der Waals surface area contributed by atoms with Crippen LogP contribution in [-0.2, 0) is 14.3 Å². The monoisotopic (exact) mass is 228 g/mol. The van der Waals surface area contributed by atoms with Crippen molar-refractivity contribution in [3.8, 4) is 0 Å². The topological polar surface area (TPSA) is 35.5 Å². The second-order valence-corrected chi connectivity index (χ2v) is 5.47. The molecule has 3 nitrogen and oxygen atoms in total. The zero-order chi connectivity index (χ0) is 12.0. The molecule has 0 aliphatic heterocycles. The van der Waals surface area contributed by atoms with E-state index in [1.807, 2.05) is 20.8 Å². The van der Waals surface area contributed by atoms with Crippen molar-refractivity contribution in [3.05, 3.63) is 0 Å². The van der Waals surface area contributed by atoms with Crippen LogP contribution in [0.25, 0.3) is 0 Å². The minimum Gasteiger partial charge on any atom is -0.460 e. The molecular weight excluding hydrogens is 204 g/mol. The van der Waals surface area contributed by atoms with E-state index in [-0.39, 0.29) is 11.6 Å². The van der Waals surface area contributed by atoms with Gasteiger partial charge >= 0.3 is 5.97 Å². The van der Waals surface area contributed by atoms with Crippen molar-refractivity contribution in [2.24, 2.45) is 0 Å². The minimum absolute atomic E-state index is 0.164. The van der Waals surface area contributed by atoms with Gasteiger partial charge in [0.15, 0.2) is 0 Å². The van der Waals surface area contributed by atoms with Gasteiger partial charge in [-0.1, -0.05) is 19.3 Å². The van der Waals surface area contributed by atoms with Crippen molar-refractivity contribution in [2.45, 2.75) is 71.0 Å². The van der Waals surface area contributed by atoms with Crippen molar-refractivity contribution < 1.29 is 14.3 Å². The van der Waals surface area contributed by atoms with Crippen molar-refractivity contribution in [3.63, 3.8) is 0 Å². The predicted octanol–water partition coefficient (Wildman–Crippen LogP) is 3.07. The van der Waals surface area contributed by atoms with Crippen LogP contribution in [0.3, 0.4) is 0 Å². The summed E-state index contributed by atoms with van der Waals surface area (Å²) in [5.41, 5.74) is -0.387. The summed E-state index contributed by atoms with van der Waals surface area (Å²) in [4.78, 5) is 11.4. The Kier molecular flexibility index (Phi) is 5.26. The lowest BCUT2D eigenvalue weighted by Crippen LogP contribution is -2.25. The van der Waals surface area contributed by atoms with Gasteiger partial charge in [0.1, 0.15) is 5.60 Å². The van der Waals surface area contributed by atoms with Crippen molar-refractivity contribution in [1.29, 1.82) is 0 Å². The van der Waals surface area contributed by atoms with Crippen LogP contribution >= 0.6 is 0 Å². The van der Waals surface area contributed by atoms with E-state index < -0.39 is 0 Å². The van der Waals surface area contributed by atoms with Crippen LogP contribution in [0, 0.1) is 0 Å². The molecule has 0 atom stereocenters. The van der Waals surface area contributed by atoms with Crippen LogP contribution in [0.4, 0.5) is 0 Å². The van der Waals surface area contributed by atoms with Gasteiger partial charge in [-0.3, -0.25) is 4.79 Å². The van der Waals surface area contributed by atoms with Crippen LogP contribution < -0.4 is 0 Å². The van der Waals surface area contributed by atoms with Gasteiger partial charge in [0, 0.05) is 0 Å². The molecule has 0 heterocycles. The molecule has 1 fully saturated rings. The van der Waals surface area contributed by atoms with Gasteiger partial charge in [-0.2, -0.15) is 0 Å². The first-order valence-corrected chi connectivity index (χ1v) is 6.31. The van der Waals surface area contributed by atoms with Crippen molar-refractivity contribution >= 4 is 5.97 Å². The zero-order valence-electron chi connectivity index (χ0n) is 10.8. The summed E-state index contributed by atoms with van der Waals surface area (Å²) >= 11 is 0. The third kappa shape index (κ3) is 6.11. The molecule has 0 amide bonds. The Morgan fingerprint density at radius 3 is 2.38 bits per heavy atom. The molecule has 0 N–H and O–H groups in total. The average molecular weight is 228 g/mol. The Bertz CT molecular complexity index is 212. The fourth-order valence-electron chi connectivity index (χ4n) is 1.93. The zero-order valence-corrected chi connectivity index (χ0v) is 10.8. The average Bonchev–Trinajstić information content (AvgIpc) is 2.16. The highest BCUT2D eigenvalue weighted by molar-refractivity contribution is 5.69. The molecule has 1 saturated carbocycles. The van der Waals surface area contributed by atoms with E-state index in [1.165, 1.54) is 19.3 Å². The molecule has 0 aromatic heterocycles. The van der Waals surface area contributed by atoms with E-state index in [0.29, 0.717) is 19.1 Å². The van der Waals surface area contributed by atoms with Gasteiger partial charge in [0.2, 0.25) is 0 Å². The number of ether oxygens (including phenoxy) is 2. The highest BCUT2D eigenvalue weighted by atomic mass is 16.6. The third-order valence-corrected chi connectivity index (χ3v) is 2.63. The maximum atomic E-state index is 11.4. The third-order valence-electron chi connectivity index (χ3n) is 2.63. The van der Waals surface area contributed by atoms with Gasteiger partial charge < -0.3 is 9.47 Å². The lowest BCUT2D eigenvalue weighted by molar-refractivity contribution is -0.156. The van der Waals surface area contributed by atoms with E-state index in [1.54, 1.807) is 0 Å². The molecule has 0 aromatic rings. The van der Waals surface area contributed by atoms with Crippen molar-refractivity contribution in [1.82, 2.24) is 0 Å². The highest BCUT2D eigenvalue weighted by Crippen LogP contribution is 2.20. The first kappa shape index (κ1) is 13.5. The van der Waals surface area contributed by atoms with Gasteiger partial charge in [0.05, 0.1) is 19.1 Å². The summed E-state index contributed by atoms with van der Waals surface area (Å²) < 4.78 is 10.9. The lowest BCUT2D eigenvalue weighted by atomic mass is 9.98. The molecule has 94 valence electrons. The lowest BCUT2D eigenvalue weighted by Gasteiger charge is -2.23. The first-order valence-electron chi connectivity index (χ1n) is 6.31. The first-order chi connectivity index (χ1) is 7.47. The smallest absolute Gasteiger partial charge is 0.308 e. The fraction of sp³-hybridized carbons (Fsp3) is 0.923. The Morgan fingerprint density at radius 1 is 1.19 bits per heavy atom. The Balaban J connectivity index is 2.08. The standard InChI is InChI=1S/C13H24O3/c1-13(2,3)16-12(14)9-10-15-11-7-5-4-6-8-11/h11H,4-10H2,1-3H3. The molecule has 0 bridgehead atoms. The van der Waals surface area contributed by atoms with Gasteiger partial charge in [-0.15, -0.1) is 0 Å². The van der Waals surface area contributed by atoms with Crippen LogP contribution in [0.1, 0.15) is 59.3 Å². The number of esters is 1. The Labute approximate surface area is 98.5 Å². The van der Waals surface area contributed by atoms with E-state index in [0.717, 1.165) is 12.8 Å². The largest absolute Gasteiger partial charge is 0.460 e. The Hall–Kier alpha value is -0.570. The molecule has 0 radical (unpaired) electrons. The highest BCUT2D eigenvalue weighted by Gasteiger charge is 2.17. The van der Waals surface area contributed by atoms with E-state index >= 15 is 0 Å². The van der Waals surface area contributed by atoms with E-state index in [2.05, 4.69) is 0 Å². The van der Waals surface area contributed by atoms with Crippen LogP contribution in [0.15, 0.2) is 0 Å². The molecule has 1 rings (SSSR count). The molecule has 3 heteroatoms.